The highest BCUT2D eigenvalue weighted by atomic mass is 35.5. The molecule has 0 amide bonds. The molecule has 0 spiro atoms. The van der Waals surface area contributed by atoms with Gasteiger partial charge in [-0.05, 0) is 40.7 Å². The molecule has 3 heteroatoms. The third kappa shape index (κ3) is 3.03. The number of nitrogens with one attached hydrogen (secondary N) is 1. The quantitative estimate of drug-likeness (QED) is 0.750. The van der Waals surface area contributed by atoms with Crippen molar-refractivity contribution in [3.8, 4) is 0 Å². The maximum absolute atomic E-state index is 6.25. The van der Waals surface area contributed by atoms with Crippen LogP contribution in [0.2, 0.25) is 0 Å². The van der Waals surface area contributed by atoms with Crippen LogP contribution in [-0.2, 0) is 6.54 Å². The second-order valence-corrected chi connectivity index (χ2v) is 7.23. The maximum atomic E-state index is 6.25. The first-order chi connectivity index (χ1) is 9.83. The summed E-state index contributed by atoms with van der Waals surface area (Å²) in [6.07, 6.45) is 6.64. The van der Waals surface area contributed by atoms with E-state index in [4.69, 9.17) is 11.6 Å². The smallest absolute Gasteiger partial charge is 0.0346 e. The summed E-state index contributed by atoms with van der Waals surface area (Å²) in [4.78, 5) is 0. The molecule has 1 heterocycles. The molecule has 3 rings (SSSR count). The van der Waals surface area contributed by atoms with E-state index in [0.29, 0.717) is 5.41 Å². The second kappa shape index (κ2) is 6.46. The molecule has 1 aliphatic carbocycles. The first-order valence-corrected chi connectivity index (χ1v) is 8.96. The van der Waals surface area contributed by atoms with Crippen LogP contribution in [-0.4, -0.2) is 12.4 Å². The molecule has 1 aromatic heterocycles. The highest BCUT2D eigenvalue weighted by Gasteiger charge is 2.30. The number of alkyl halides is 1. The number of rotatable bonds is 5. The van der Waals surface area contributed by atoms with Crippen LogP contribution >= 0.6 is 22.9 Å². The van der Waals surface area contributed by atoms with Gasteiger partial charge < -0.3 is 5.32 Å². The van der Waals surface area contributed by atoms with Crippen molar-refractivity contribution >= 4 is 33.0 Å². The Balaban J connectivity index is 1.62. The summed E-state index contributed by atoms with van der Waals surface area (Å²) in [5.41, 5.74) is 1.76. The van der Waals surface area contributed by atoms with Crippen molar-refractivity contribution in [1.29, 1.82) is 0 Å². The van der Waals surface area contributed by atoms with E-state index in [1.807, 2.05) is 11.3 Å². The normalized spacial score (nSPS) is 18.4. The van der Waals surface area contributed by atoms with Gasteiger partial charge in [0.25, 0.3) is 0 Å². The van der Waals surface area contributed by atoms with E-state index in [1.165, 1.54) is 47.8 Å². The van der Waals surface area contributed by atoms with Gasteiger partial charge in [-0.3, -0.25) is 0 Å². The number of hydrogen-bond acceptors (Lipinski definition) is 2. The Morgan fingerprint density at radius 3 is 2.75 bits per heavy atom. The van der Waals surface area contributed by atoms with Crippen molar-refractivity contribution in [3.05, 3.63) is 35.2 Å². The molecule has 2 aromatic rings. The van der Waals surface area contributed by atoms with Crippen molar-refractivity contribution in [3.63, 3.8) is 0 Å². The highest BCUT2D eigenvalue weighted by Crippen LogP contribution is 2.37. The zero-order valence-electron chi connectivity index (χ0n) is 11.8. The van der Waals surface area contributed by atoms with Gasteiger partial charge in [0.2, 0.25) is 0 Å². The van der Waals surface area contributed by atoms with E-state index >= 15 is 0 Å². The first-order valence-electron chi connectivity index (χ1n) is 7.55. The van der Waals surface area contributed by atoms with Crippen molar-refractivity contribution < 1.29 is 0 Å². The molecule has 108 valence electrons. The Hall–Kier alpha value is -0.570. The molecule has 0 atom stereocenters. The predicted molar refractivity (Wildman–Crippen MR) is 89.8 cm³/mol. The minimum Gasteiger partial charge on any atom is -0.312 e. The summed E-state index contributed by atoms with van der Waals surface area (Å²) in [6.45, 7) is 2.02. The molecule has 1 nitrogen and oxygen atoms in total. The van der Waals surface area contributed by atoms with Crippen LogP contribution in [0.4, 0.5) is 0 Å². The SMILES string of the molecule is ClCC1(CNCc2csc3ccccc23)CCCCC1. The number of fused-ring (bicyclic) bond motifs is 1. The molecule has 0 aliphatic heterocycles. The topological polar surface area (TPSA) is 12.0 Å². The Labute approximate surface area is 130 Å². The van der Waals surface area contributed by atoms with Gasteiger partial charge in [-0.2, -0.15) is 0 Å². The van der Waals surface area contributed by atoms with Gasteiger partial charge in [0, 0.05) is 23.7 Å². The third-order valence-electron chi connectivity index (χ3n) is 4.57. The molecule has 0 bridgehead atoms. The van der Waals surface area contributed by atoms with Gasteiger partial charge in [0.1, 0.15) is 0 Å². The second-order valence-electron chi connectivity index (χ2n) is 6.05. The summed E-state index contributed by atoms with van der Waals surface area (Å²) < 4.78 is 1.38. The fourth-order valence-electron chi connectivity index (χ4n) is 3.29. The van der Waals surface area contributed by atoms with Gasteiger partial charge in [0.15, 0.2) is 0 Å². The predicted octanol–water partition coefficient (Wildman–Crippen LogP) is 5.18. The van der Waals surface area contributed by atoms with Crippen LogP contribution in [0.15, 0.2) is 29.6 Å². The average Bonchev–Trinajstić information content (AvgIpc) is 2.92. The van der Waals surface area contributed by atoms with Crippen LogP contribution in [0.3, 0.4) is 0 Å². The van der Waals surface area contributed by atoms with Gasteiger partial charge in [0.05, 0.1) is 0 Å². The Bertz CT molecular complexity index is 557. The van der Waals surface area contributed by atoms with E-state index in [1.54, 1.807) is 0 Å². The standard InChI is InChI=1S/C17H22ClNS/c18-12-17(8-4-1-5-9-17)13-19-10-14-11-20-16-7-3-2-6-15(14)16/h2-3,6-7,11,19H,1,4-5,8-10,12-13H2. The van der Waals surface area contributed by atoms with E-state index in [9.17, 15) is 0 Å². The molecule has 1 aliphatic rings. The summed E-state index contributed by atoms with van der Waals surface area (Å²) in [5.74, 6) is 0.796. The fraction of sp³-hybridized carbons (Fsp3) is 0.529. The Morgan fingerprint density at radius 2 is 1.95 bits per heavy atom. The Morgan fingerprint density at radius 1 is 1.15 bits per heavy atom. The highest BCUT2D eigenvalue weighted by molar-refractivity contribution is 7.17. The summed E-state index contributed by atoms with van der Waals surface area (Å²) >= 11 is 8.09. The number of thiophene rings is 1. The van der Waals surface area contributed by atoms with Crippen molar-refractivity contribution in [1.82, 2.24) is 5.32 Å². The molecular weight excluding hydrogens is 286 g/mol. The lowest BCUT2D eigenvalue weighted by atomic mass is 9.75. The number of hydrogen-bond donors (Lipinski definition) is 1. The van der Waals surface area contributed by atoms with Crippen molar-refractivity contribution in [2.24, 2.45) is 5.41 Å². The van der Waals surface area contributed by atoms with Gasteiger partial charge >= 0.3 is 0 Å². The van der Waals surface area contributed by atoms with Crippen LogP contribution in [0.5, 0.6) is 0 Å². The average molecular weight is 308 g/mol. The van der Waals surface area contributed by atoms with Crippen LogP contribution < -0.4 is 5.32 Å². The minimum absolute atomic E-state index is 0.339. The zero-order chi connectivity index (χ0) is 13.8. The fourth-order valence-corrected chi connectivity index (χ4v) is 4.62. The van der Waals surface area contributed by atoms with E-state index in [-0.39, 0.29) is 0 Å². The minimum atomic E-state index is 0.339. The molecule has 1 saturated carbocycles. The maximum Gasteiger partial charge on any atom is 0.0346 e. The lowest BCUT2D eigenvalue weighted by molar-refractivity contribution is 0.212. The molecule has 1 N–H and O–H groups in total. The molecule has 1 aromatic carbocycles. The zero-order valence-corrected chi connectivity index (χ0v) is 13.4. The molecule has 0 unspecified atom stereocenters. The lowest BCUT2D eigenvalue weighted by Gasteiger charge is -2.35. The lowest BCUT2D eigenvalue weighted by Crippen LogP contribution is -2.37. The molecule has 1 fully saturated rings. The summed E-state index contributed by atoms with van der Waals surface area (Å²) in [7, 11) is 0. The number of halogens is 1. The number of benzene rings is 1. The van der Waals surface area contributed by atoms with Crippen LogP contribution in [0.1, 0.15) is 37.7 Å². The van der Waals surface area contributed by atoms with Crippen molar-refractivity contribution in [2.45, 2.75) is 38.6 Å². The van der Waals surface area contributed by atoms with E-state index in [0.717, 1.165) is 19.0 Å². The van der Waals surface area contributed by atoms with Crippen LogP contribution in [0, 0.1) is 5.41 Å². The van der Waals surface area contributed by atoms with Gasteiger partial charge in [-0.15, -0.1) is 22.9 Å². The van der Waals surface area contributed by atoms with Crippen molar-refractivity contribution in [2.75, 3.05) is 12.4 Å². The molecular formula is C17H22ClNS. The van der Waals surface area contributed by atoms with E-state index < -0.39 is 0 Å². The van der Waals surface area contributed by atoms with Gasteiger partial charge in [-0.1, -0.05) is 37.5 Å². The Kier molecular flexibility index (Phi) is 4.65. The van der Waals surface area contributed by atoms with Gasteiger partial charge in [-0.25, -0.2) is 0 Å². The molecule has 0 saturated heterocycles. The summed E-state index contributed by atoms with van der Waals surface area (Å²) in [6, 6.07) is 8.66. The largest absolute Gasteiger partial charge is 0.312 e. The molecule has 0 radical (unpaired) electrons. The van der Waals surface area contributed by atoms with Crippen LogP contribution in [0.25, 0.3) is 10.1 Å². The summed E-state index contributed by atoms with van der Waals surface area (Å²) in [5, 5.41) is 7.34. The third-order valence-corrected chi connectivity index (χ3v) is 6.15. The van der Waals surface area contributed by atoms with E-state index in [2.05, 4.69) is 35.0 Å². The molecule has 20 heavy (non-hydrogen) atoms. The monoisotopic (exact) mass is 307 g/mol. The first kappa shape index (κ1) is 14.4.